The predicted molar refractivity (Wildman–Crippen MR) is 79.3 cm³/mol. The van der Waals surface area contributed by atoms with E-state index >= 15 is 0 Å². The molecule has 4 nitrogen and oxygen atoms in total. The lowest BCUT2D eigenvalue weighted by Crippen LogP contribution is -2.40. The van der Waals surface area contributed by atoms with Crippen LogP contribution in [0.3, 0.4) is 0 Å². The summed E-state index contributed by atoms with van der Waals surface area (Å²) in [6.45, 7) is 3.44. The summed E-state index contributed by atoms with van der Waals surface area (Å²) in [6, 6.07) is 12.8. The Kier molecular flexibility index (Phi) is 6.00. The first-order chi connectivity index (χ1) is 9.83. The van der Waals surface area contributed by atoms with E-state index in [0.29, 0.717) is 19.1 Å². The van der Waals surface area contributed by atoms with E-state index in [-0.39, 0.29) is 12.5 Å². The van der Waals surface area contributed by atoms with Gasteiger partial charge in [0.25, 0.3) is 0 Å². The number of hydrogen-bond donors (Lipinski definition) is 2. The highest BCUT2D eigenvalue weighted by Crippen LogP contribution is 2.17. The first-order valence-electron chi connectivity index (χ1n) is 7.34. The van der Waals surface area contributed by atoms with Gasteiger partial charge in [0, 0.05) is 25.7 Å². The standard InChI is InChI=1S/C16H23N3O/c17-11-15(14-5-2-1-3-6-14)12-19(9-10-20)13-16-7-4-8-18-16/h1-3,5-6,15-16,18,20H,4,7-10,12-13H2. The molecule has 0 bridgehead atoms. The number of nitrogens with zero attached hydrogens (tertiary/aromatic N) is 2. The Morgan fingerprint density at radius 2 is 2.20 bits per heavy atom. The van der Waals surface area contributed by atoms with Gasteiger partial charge in [-0.3, -0.25) is 4.90 Å². The molecule has 1 saturated heterocycles. The third-order valence-corrected chi connectivity index (χ3v) is 3.86. The molecule has 4 heteroatoms. The molecule has 1 aliphatic heterocycles. The third kappa shape index (κ3) is 4.31. The quantitative estimate of drug-likeness (QED) is 0.787. The molecular weight excluding hydrogens is 250 g/mol. The van der Waals surface area contributed by atoms with Gasteiger partial charge in [-0.25, -0.2) is 0 Å². The van der Waals surface area contributed by atoms with E-state index in [4.69, 9.17) is 0 Å². The highest BCUT2D eigenvalue weighted by atomic mass is 16.3. The Balaban J connectivity index is 1.96. The molecule has 0 aromatic heterocycles. The number of nitriles is 1. The molecule has 1 aromatic rings. The minimum absolute atomic E-state index is 0.135. The molecule has 1 fully saturated rings. The van der Waals surface area contributed by atoms with Crippen molar-refractivity contribution in [2.75, 3.05) is 32.8 Å². The minimum atomic E-state index is -0.135. The number of aliphatic hydroxyl groups excluding tert-OH is 1. The molecule has 0 aliphatic carbocycles. The molecule has 1 aliphatic rings. The summed E-state index contributed by atoms with van der Waals surface area (Å²) in [5.74, 6) is -0.135. The topological polar surface area (TPSA) is 59.3 Å². The fourth-order valence-electron chi connectivity index (χ4n) is 2.79. The summed E-state index contributed by atoms with van der Waals surface area (Å²) in [5, 5.41) is 22.1. The zero-order chi connectivity index (χ0) is 14.2. The van der Waals surface area contributed by atoms with E-state index in [0.717, 1.165) is 18.7 Å². The van der Waals surface area contributed by atoms with E-state index in [1.54, 1.807) is 0 Å². The monoisotopic (exact) mass is 273 g/mol. The van der Waals surface area contributed by atoms with E-state index in [2.05, 4.69) is 16.3 Å². The maximum atomic E-state index is 9.40. The van der Waals surface area contributed by atoms with E-state index in [1.807, 2.05) is 30.3 Å². The van der Waals surface area contributed by atoms with Crippen LogP contribution in [0.15, 0.2) is 30.3 Å². The van der Waals surface area contributed by atoms with Crippen LogP contribution in [0.5, 0.6) is 0 Å². The molecule has 2 unspecified atom stereocenters. The molecule has 20 heavy (non-hydrogen) atoms. The summed E-state index contributed by atoms with van der Waals surface area (Å²) in [7, 11) is 0. The smallest absolute Gasteiger partial charge is 0.0839 e. The van der Waals surface area contributed by atoms with E-state index < -0.39 is 0 Å². The Bertz CT molecular complexity index is 423. The van der Waals surface area contributed by atoms with Gasteiger partial charge in [0.15, 0.2) is 0 Å². The van der Waals surface area contributed by atoms with Crippen molar-refractivity contribution in [1.82, 2.24) is 10.2 Å². The SMILES string of the molecule is N#CC(CN(CCO)CC1CCCN1)c1ccccc1. The molecule has 0 radical (unpaired) electrons. The summed E-state index contributed by atoms with van der Waals surface area (Å²) < 4.78 is 0. The van der Waals surface area contributed by atoms with Gasteiger partial charge in [-0.05, 0) is 24.9 Å². The molecular formula is C16H23N3O. The molecule has 1 heterocycles. The third-order valence-electron chi connectivity index (χ3n) is 3.86. The molecule has 1 aromatic carbocycles. The van der Waals surface area contributed by atoms with Crippen molar-refractivity contribution in [3.8, 4) is 6.07 Å². The number of nitrogens with one attached hydrogen (secondary N) is 1. The maximum absolute atomic E-state index is 9.40. The molecule has 0 spiro atoms. The van der Waals surface area contributed by atoms with Gasteiger partial charge in [0.2, 0.25) is 0 Å². The highest BCUT2D eigenvalue weighted by molar-refractivity contribution is 5.25. The summed E-state index contributed by atoms with van der Waals surface area (Å²) >= 11 is 0. The first kappa shape index (κ1) is 15.0. The van der Waals surface area contributed by atoms with Gasteiger partial charge < -0.3 is 10.4 Å². The zero-order valence-corrected chi connectivity index (χ0v) is 11.8. The Labute approximate surface area is 121 Å². The second kappa shape index (κ2) is 8.01. The maximum Gasteiger partial charge on any atom is 0.0839 e. The van der Waals surface area contributed by atoms with E-state index in [1.165, 1.54) is 12.8 Å². The van der Waals surface area contributed by atoms with Gasteiger partial charge in [-0.1, -0.05) is 30.3 Å². The van der Waals surface area contributed by atoms with Crippen molar-refractivity contribution in [1.29, 1.82) is 5.26 Å². The fraction of sp³-hybridized carbons (Fsp3) is 0.562. The van der Waals surface area contributed by atoms with Crippen molar-refractivity contribution in [2.45, 2.75) is 24.8 Å². The van der Waals surface area contributed by atoms with E-state index in [9.17, 15) is 10.4 Å². The van der Waals surface area contributed by atoms with Gasteiger partial charge in [0.05, 0.1) is 18.6 Å². The van der Waals surface area contributed by atoms with Crippen LogP contribution in [0.25, 0.3) is 0 Å². The fourth-order valence-corrected chi connectivity index (χ4v) is 2.79. The molecule has 2 atom stereocenters. The predicted octanol–water partition coefficient (Wildman–Crippen LogP) is 1.34. The number of rotatable bonds is 7. The van der Waals surface area contributed by atoms with Crippen molar-refractivity contribution in [2.24, 2.45) is 0 Å². The summed E-state index contributed by atoms with van der Waals surface area (Å²) in [5.41, 5.74) is 1.05. The van der Waals surface area contributed by atoms with Crippen LogP contribution in [0.2, 0.25) is 0 Å². The van der Waals surface area contributed by atoms with Crippen LogP contribution in [0, 0.1) is 11.3 Å². The lowest BCUT2D eigenvalue weighted by Gasteiger charge is -2.26. The first-order valence-corrected chi connectivity index (χ1v) is 7.34. The number of benzene rings is 1. The Hall–Kier alpha value is -1.41. The van der Waals surface area contributed by atoms with Crippen LogP contribution < -0.4 is 5.32 Å². The van der Waals surface area contributed by atoms with Gasteiger partial charge >= 0.3 is 0 Å². The lowest BCUT2D eigenvalue weighted by molar-refractivity contribution is 0.182. The summed E-state index contributed by atoms with van der Waals surface area (Å²) in [6.07, 6.45) is 2.41. The van der Waals surface area contributed by atoms with Gasteiger partial charge in [-0.15, -0.1) is 0 Å². The number of hydrogen-bond acceptors (Lipinski definition) is 4. The highest BCUT2D eigenvalue weighted by Gasteiger charge is 2.21. The average Bonchev–Trinajstić information content (AvgIpc) is 2.98. The Morgan fingerprint density at radius 3 is 2.80 bits per heavy atom. The Morgan fingerprint density at radius 1 is 1.40 bits per heavy atom. The van der Waals surface area contributed by atoms with Crippen LogP contribution in [0.4, 0.5) is 0 Å². The molecule has 2 rings (SSSR count). The molecule has 0 amide bonds. The zero-order valence-electron chi connectivity index (χ0n) is 11.8. The van der Waals surface area contributed by atoms with Crippen LogP contribution in [-0.2, 0) is 0 Å². The van der Waals surface area contributed by atoms with Crippen LogP contribution in [-0.4, -0.2) is 48.8 Å². The van der Waals surface area contributed by atoms with Crippen molar-refractivity contribution in [3.63, 3.8) is 0 Å². The molecule has 2 N–H and O–H groups in total. The van der Waals surface area contributed by atoms with Crippen molar-refractivity contribution >= 4 is 0 Å². The summed E-state index contributed by atoms with van der Waals surface area (Å²) in [4.78, 5) is 2.20. The largest absolute Gasteiger partial charge is 0.395 e. The van der Waals surface area contributed by atoms with Gasteiger partial charge in [0.1, 0.15) is 0 Å². The number of aliphatic hydroxyl groups is 1. The second-order valence-corrected chi connectivity index (χ2v) is 5.37. The van der Waals surface area contributed by atoms with Crippen LogP contribution in [0.1, 0.15) is 24.3 Å². The molecule has 0 saturated carbocycles. The van der Waals surface area contributed by atoms with Crippen molar-refractivity contribution in [3.05, 3.63) is 35.9 Å². The van der Waals surface area contributed by atoms with Crippen LogP contribution >= 0.6 is 0 Å². The minimum Gasteiger partial charge on any atom is -0.395 e. The lowest BCUT2D eigenvalue weighted by atomic mass is 10.00. The van der Waals surface area contributed by atoms with Gasteiger partial charge in [-0.2, -0.15) is 5.26 Å². The van der Waals surface area contributed by atoms with Crippen molar-refractivity contribution < 1.29 is 5.11 Å². The average molecular weight is 273 g/mol. The normalized spacial score (nSPS) is 19.9. The second-order valence-electron chi connectivity index (χ2n) is 5.37. The molecule has 108 valence electrons.